The predicted molar refractivity (Wildman–Crippen MR) is 79.6 cm³/mol. The van der Waals surface area contributed by atoms with E-state index in [0.717, 1.165) is 12.0 Å². The third-order valence-electron chi connectivity index (χ3n) is 3.80. The molecule has 0 atom stereocenters. The lowest BCUT2D eigenvalue weighted by Crippen LogP contribution is -2.31. The van der Waals surface area contributed by atoms with Crippen LogP contribution in [0.4, 0.5) is 0 Å². The molecule has 1 aliphatic carbocycles. The molecule has 0 heterocycles. The Hall–Kier alpha value is -1.15. The van der Waals surface area contributed by atoms with Gasteiger partial charge in [-0.25, -0.2) is 0 Å². The van der Waals surface area contributed by atoms with Gasteiger partial charge in [0.25, 0.3) is 0 Å². The molecule has 0 amide bonds. The minimum Gasteiger partial charge on any atom is -0.307 e. The van der Waals surface area contributed by atoms with Gasteiger partial charge >= 0.3 is 0 Å². The van der Waals surface area contributed by atoms with Crippen molar-refractivity contribution in [2.75, 3.05) is 6.54 Å². The van der Waals surface area contributed by atoms with Crippen molar-refractivity contribution in [3.63, 3.8) is 0 Å². The fraction of sp³-hybridized carbons (Fsp3) is 0.588. The van der Waals surface area contributed by atoms with Crippen LogP contribution >= 0.6 is 0 Å². The van der Waals surface area contributed by atoms with Crippen molar-refractivity contribution in [3.05, 3.63) is 35.4 Å². The van der Waals surface area contributed by atoms with Crippen molar-refractivity contribution in [1.29, 1.82) is 0 Å². The SMILES string of the molecule is CC(C)Cc1cccc(C(=O)CNC2CCCC2)c1. The summed E-state index contributed by atoms with van der Waals surface area (Å²) in [6.45, 7) is 4.89. The summed E-state index contributed by atoms with van der Waals surface area (Å²) in [6.07, 6.45) is 6.09. The molecule has 1 fully saturated rings. The van der Waals surface area contributed by atoms with Crippen LogP contribution in [0.25, 0.3) is 0 Å². The fourth-order valence-corrected chi connectivity index (χ4v) is 2.81. The molecule has 0 aromatic heterocycles. The van der Waals surface area contributed by atoms with Gasteiger partial charge in [0.05, 0.1) is 6.54 Å². The Morgan fingerprint density at radius 3 is 2.74 bits per heavy atom. The summed E-state index contributed by atoms with van der Waals surface area (Å²) in [7, 11) is 0. The lowest BCUT2D eigenvalue weighted by molar-refractivity contribution is 0.0987. The van der Waals surface area contributed by atoms with E-state index in [4.69, 9.17) is 0 Å². The van der Waals surface area contributed by atoms with Crippen molar-refractivity contribution in [1.82, 2.24) is 5.32 Å². The second-order valence-corrected chi connectivity index (χ2v) is 6.08. The first-order valence-corrected chi connectivity index (χ1v) is 7.50. The van der Waals surface area contributed by atoms with E-state index in [1.54, 1.807) is 0 Å². The highest BCUT2D eigenvalue weighted by molar-refractivity contribution is 5.97. The monoisotopic (exact) mass is 259 g/mol. The number of hydrogen-bond acceptors (Lipinski definition) is 2. The molecule has 0 aliphatic heterocycles. The molecule has 1 aliphatic rings. The third kappa shape index (κ3) is 4.46. The largest absolute Gasteiger partial charge is 0.307 e. The summed E-state index contributed by atoms with van der Waals surface area (Å²) in [5, 5.41) is 3.39. The summed E-state index contributed by atoms with van der Waals surface area (Å²) in [5.74, 6) is 0.847. The Morgan fingerprint density at radius 1 is 1.32 bits per heavy atom. The van der Waals surface area contributed by atoms with Gasteiger partial charge < -0.3 is 5.32 Å². The lowest BCUT2D eigenvalue weighted by atomic mass is 9.99. The number of hydrogen-bond donors (Lipinski definition) is 1. The van der Waals surface area contributed by atoms with E-state index in [0.29, 0.717) is 18.5 Å². The summed E-state index contributed by atoms with van der Waals surface area (Å²) in [6, 6.07) is 8.66. The minimum atomic E-state index is 0.220. The molecule has 2 nitrogen and oxygen atoms in total. The number of rotatable bonds is 6. The number of Topliss-reactive ketones (excluding diaryl/α,β-unsaturated/α-hetero) is 1. The zero-order valence-corrected chi connectivity index (χ0v) is 12.1. The van der Waals surface area contributed by atoms with E-state index in [-0.39, 0.29) is 5.78 Å². The molecule has 1 saturated carbocycles. The first-order valence-electron chi connectivity index (χ1n) is 7.50. The molecule has 2 rings (SSSR count). The number of nitrogens with one attached hydrogen (secondary N) is 1. The molecule has 0 saturated heterocycles. The molecule has 0 spiro atoms. The first kappa shape index (κ1) is 14.3. The highest BCUT2D eigenvalue weighted by Gasteiger charge is 2.16. The molecule has 1 aromatic carbocycles. The standard InChI is InChI=1S/C17H25NO/c1-13(2)10-14-6-5-7-15(11-14)17(19)12-18-16-8-3-4-9-16/h5-7,11,13,16,18H,3-4,8-10,12H2,1-2H3. The molecule has 104 valence electrons. The zero-order valence-electron chi connectivity index (χ0n) is 12.1. The molecule has 2 heteroatoms. The number of benzene rings is 1. The number of carbonyl (C=O) groups is 1. The summed E-state index contributed by atoms with van der Waals surface area (Å²) < 4.78 is 0. The lowest BCUT2D eigenvalue weighted by Gasteiger charge is -2.11. The zero-order chi connectivity index (χ0) is 13.7. The quantitative estimate of drug-likeness (QED) is 0.791. The van der Waals surface area contributed by atoms with E-state index in [9.17, 15) is 4.79 Å². The van der Waals surface area contributed by atoms with Crippen LogP contribution in [0.2, 0.25) is 0 Å². The number of ketones is 1. The van der Waals surface area contributed by atoms with Gasteiger partial charge in [-0.3, -0.25) is 4.79 Å². The highest BCUT2D eigenvalue weighted by atomic mass is 16.1. The van der Waals surface area contributed by atoms with Crippen LogP contribution < -0.4 is 5.32 Å². The Bertz CT molecular complexity index is 419. The smallest absolute Gasteiger partial charge is 0.176 e. The molecular formula is C17H25NO. The number of carbonyl (C=O) groups excluding carboxylic acids is 1. The Kier molecular flexibility index (Phi) is 5.15. The molecule has 0 unspecified atom stereocenters. The third-order valence-corrected chi connectivity index (χ3v) is 3.80. The van der Waals surface area contributed by atoms with E-state index in [1.807, 2.05) is 12.1 Å². The van der Waals surface area contributed by atoms with Gasteiger partial charge in [-0.15, -0.1) is 0 Å². The fourth-order valence-electron chi connectivity index (χ4n) is 2.81. The van der Waals surface area contributed by atoms with Crippen LogP contribution in [0.5, 0.6) is 0 Å². The molecular weight excluding hydrogens is 234 g/mol. The Morgan fingerprint density at radius 2 is 2.05 bits per heavy atom. The van der Waals surface area contributed by atoms with Crippen LogP contribution in [0.3, 0.4) is 0 Å². The van der Waals surface area contributed by atoms with E-state index < -0.39 is 0 Å². The van der Waals surface area contributed by atoms with Gasteiger partial charge in [0, 0.05) is 11.6 Å². The summed E-state index contributed by atoms with van der Waals surface area (Å²) in [5.41, 5.74) is 2.12. The predicted octanol–water partition coefficient (Wildman–Crippen LogP) is 3.60. The normalized spacial score (nSPS) is 16.2. The van der Waals surface area contributed by atoms with Crippen molar-refractivity contribution in [2.45, 2.75) is 52.0 Å². The second-order valence-electron chi connectivity index (χ2n) is 6.08. The van der Waals surface area contributed by atoms with Crippen LogP contribution in [0.15, 0.2) is 24.3 Å². The Balaban J connectivity index is 1.90. The van der Waals surface area contributed by atoms with Crippen molar-refractivity contribution < 1.29 is 4.79 Å². The molecule has 1 N–H and O–H groups in total. The molecule has 1 aromatic rings. The topological polar surface area (TPSA) is 29.1 Å². The maximum atomic E-state index is 12.2. The highest BCUT2D eigenvalue weighted by Crippen LogP contribution is 2.17. The second kappa shape index (κ2) is 6.85. The van der Waals surface area contributed by atoms with Crippen molar-refractivity contribution in [2.24, 2.45) is 5.92 Å². The van der Waals surface area contributed by atoms with Gasteiger partial charge in [0.15, 0.2) is 5.78 Å². The Labute approximate surface area is 116 Å². The van der Waals surface area contributed by atoms with Gasteiger partial charge in [-0.05, 0) is 36.8 Å². The van der Waals surface area contributed by atoms with E-state index >= 15 is 0 Å². The summed E-state index contributed by atoms with van der Waals surface area (Å²) >= 11 is 0. The van der Waals surface area contributed by atoms with E-state index in [2.05, 4.69) is 31.3 Å². The van der Waals surface area contributed by atoms with Crippen molar-refractivity contribution >= 4 is 5.78 Å². The van der Waals surface area contributed by atoms with Gasteiger partial charge in [-0.1, -0.05) is 44.9 Å². The summed E-state index contributed by atoms with van der Waals surface area (Å²) in [4.78, 5) is 12.2. The maximum absolute atomic E-state index is 12.2. The average molecular weight is 259 g/mol. The average Bonchev–Trinajstić information content (AvgIpc) is 2.88. The first-order chi connectivity index (χ1) is 9.15. The van der Waals surface area contributed by atoms with Crippen LogP contribution in [-0.2, 0) is 6.42 Å². The van der Waals surface area contributed by atoms with Crippen LogP contribution in [0, 0.1) is 5.92 Å². The minimum absolute atomic E-state index is 0.220. The molecule has 0 bridgehead atoms. The van der Waals surface area contributed by atoms with Gasteiger partial charge in [-0.2, -0.15) is 0 Å². The van der Waals surface area contributed by atoms with E-state index in [1.165, 1.54) is 31.2 Å². The van der Waals surface area contributed by atoms with Crippen LogP contribution in [0.1, 0.15) is 55.5 Å². The molecule has 0 radical (unpaired) electrons. The van der Waals surface area contributed by atoms with Gasteiger partial charge in [0.2, 0.25) is 0 Å². The van der Waals surface area contributed by atoms with Crippen molar-refractivity contribution in [3.8, 4) is 0 Å². The molecule has 19 heavy (non-hydrogen) atoms. The maximum Gasteiger partial charge on any atom is 0.176 e. The van der Waals surface area contributed by atoms with Gasteiger partial charge in [0.1, 0.15) is 0 Å². The van der Waals surface area contributed by atoms with Crippen LogP contribution in [-0.4, -0.2) is 18.4 Å².